The van der Waals surface area contributed by atoms with Crippen LogP contribution in [0, 0.1) is 5.92 Å². The number of rotatable bonds is 15. The molecule has 1 fully saturated rings. The number of allylic oxidation sites excluding steroid dienone is 12. The van der Waals surface area contributed by atoms with Gasteiger partial charge < -0.3 is 10.1 Å². The number of hydrogen-bond acceptors (Lipinski definition) is 3. The average Bonchev–Trinajstić information content (AvgIpc) is 3.01. The average molecular weight is 440 g/mol. The lowest BCUT2D eigenvalue weighted by atomic mass is 10.00. The van der Waals surface area contributed by atoms with Crippen molar-refractivity contribution in [1.29, 1.82) is 0 Å². The first-order valence-corrected chi connectivity index (χ1v) is 12.0. The van der Waals surface area contributed by atoms with Crippen LogP contribution >= 0.6 is 0 Å². The number of carbonyl (C=O) groups excluding carboxylic acids is 2. The van der Waals surface area contributed by atoms with Gasteiger partial charge in [-0.05, 0) is 51.9 Å². The summed E-state index contributed by atoms with van der Waals surface area (Å²) in [6.45, 7) is 5.92. The van der Waals surface area contributed by atoms with E-state index < -0.39 is 6.04 Å². The van der Waals surface area contributed by atoms with E-state index in [2.05, 4.69) is 79.1 Å². The Labute approximate surface area is 194 Å². The molecule has 4 heteroatoms. The minimum atomic E-state index is -0.511. The first kappa shape index (κ1) is 27.4. The lowest BCUT2D eigenvalue weighted by Gasteiger charge is -2.14. The summed E-state index contributed by atoms with van der Waals surface area (Å²) in [6.07, 6.45) is 32.7. The van der Waals surface area contributed by atoms with Gasteiger partial charge in [0, 0.05) is 12.3 Å². The summed E-state index contributed by atoms with van der Waals surface area (Å²) in [6, 6.07) is -0.511. The molecule has 1 rings (SSSR count). The molecule has 32 heavy (non-hydrogen) atoms. The van der Waals surface area contributed by atoms with E-state index >= 15 is 0 Å². The summed E-state index contributed by atoms with van der Waals surface area (Å²) >= 11 is 0. The first-order chi connectivity index (χ1) is 15.6. The number of carbonyl (C=O) groups is 2. The maximum atomic E-state index is 12.0. The highest BCUT2D eigenvalue weighted by atomic mass is 16.6. The minimum Gasteiger partial charge on any atom is -0.461 e. The molecule has 1 N–H and O–H groups in total. The predicted octanol–water partition coefficient (Wildman–Crippen LogP) is 6.53. The first-order valence-electron chi connectivity index (χ1n) is 12.0. The second-order valence-electron chi connectivity index (χ2n) is 8.00. The topological polar surface area (TPSA) is 55.4 Å². The molecule has 0 saturated carbocycles. The van der Waals surface area contributed by atoms with Crippen LogP contribution in [0.2, 0.25) is 0 Å². The fraction of sp³-hybridized carbons (Fsp3) is 0.500. The molecule has 0 spiro atoms. The minimum absolute atomic E-state index is 0.0114. The molecular weight excluding hydrogens is 398 g/mol. The fourth-order valence-corrected chi connectivity index (χ4v) is 3.14. The van der Waals surface area contributed by atoms with Crippen molar-refractivity contribution in [2.45, 2.75) is 84.3 Å². The lowest BCUT2D eigenvalue weighted by Crippen LogP contribution is -2.41. The van der Waals surface area contributed by atoms with Crippen molar-refractivity contribution in [3.05, 3.63) is 72.9 Å². The predicted molar refractivity (Wildman–Crippen MR) is 134 cm³/mol. The molecular formula is C28H41NO3. The normalized spacial score (nSPS) is 22.0. The van der Waals surface area contributed by atoms with Crippen LogP contribution in [0.3, 0.4) is 0 Å². The maximum Gasteiger partial charge on any atom is 0.329 e. The number of cyclic esters (lactones) is 1. The number of ether oxygens (including phenoxy) is 1. The van der Waals surface area contributed by atoms with Crippen molar-refractivity contribution in [3.8, 4) is 0 Å². The van der Waals surface area contributed by atoms with E-state index in [1.54, 1.807) is 0 Å². The number of amides is 1. The molecule has 1 saturated heterocycles. The standard InChI is InChI=1S/C28H41NO3/c1-4-5-6-7-8-9-10-11-12-13-14-15-16-17-18-19-20-21-22-23-26(30)29-27-24(2)25(3)32-28(27)31/h5-6,8-9,11-12,14-15,17-18,20-21,24-25,27H,4,7,10,13,16,19,22-23H2,1-3H3,(H,29,30)/b6-5-,9-8-,12-11-,15-14-,18-17-,21-20+/t24-,25-,27+/m0/s1. The number of nitrogens with one attached hydrogen (secondary N) is 1. The molecule has 0 radical (unpaired) electrons. The van der Waals surface area contributed by atoms with Gasteiger partial charge in [0.2, 0.25) is 5.91 Å². The van der Waals surface area contributed by atoms with E-state index in [4.69, 9.17) is 4.74 Å². The van der Waals surface area contributed by atoms with Crippen molar-refractivity contribution in [3.63, 3.8) is 0 Å². The number of esters is 1. The molecule has 0 aromatic rings. The molecule has 4 nitrogen and oxygen atoms in total. The van der Waals surface area contributed by atoms with Crippen LogP contribution in [0.25, 0.3) is 0 Å². The van der Waals surface area contributed by atoms with E-state index in [0.29, 0.717) is 12.8 Å². The second-order valence-corrected chi connectivity index (χ2v) is 8.00. The van der Waals surface area contributed by atoms with Gasteiger partial charge in [0.15, 0.2) is 0 Å². The molecule has 0 aliphatic carbocycles. The molecule has 0 bridgehead atoms. The van der Waals surface area contributed by atoms with Crippen molar-refractivity contribution in [2.75, 3.05) is 0 Å². The van der Waals surface area contributed by atoms with E-state index in [9.17, 15) is 9.59 Å². The Kier molecular flexibility index (Phi) is 15.4. The van der Waals surface area contributed by atoms with Crippen LogP contribution < -0.4 is 5.32 Å². The van der Waals surface area contributed by atoms with E-state index in [1.165, 1.54) is 0 Å². The molecule has 1 amide bonds. The summed E-state index contributed by atoms with van der Waals surface area (Å²) in [7, 11) is 0. The third-order valence-corrected chi connectivity index (χ3v) is 5.27. The van der Waals surface area contributed by atoms with Crippen molar-refractivity contribution >= 4 is 11.9 Å². The van der Waals surface area contributed by atoms with Gasteiger partial charge in [-0.25, -0.2) is 4.79 Å². The lowest BCUT2D eigenvalue weighted by molar-refractivity contribution is -0.143. The molecule has 1 heterocycles. The maximum absolute atomic E-state index is 12.0. The van der Waals surface area contributed by atoms with Crippen LogP contribution in [0.5, 0.6) is 0 Å². The van der Waals surface area contributed by atoms with Gasteiger partial charge in [0.05, 0.1) is 0 Å². The SMILES string of the molecule is CC/C=C\C/C=C\C/C=C\C/C=C\C/C=C\C/C=C/CCC(=O)N[C@H]1C(=O)O[C@@H](C)[C@@H]1C. The summed E-state index contributed by atoms with van der Waals surface area (Å²) in [5.74, 6) is -0.419. The van der Waals surface area contributed by atoms with Crippen LogP contribution in [0.4, 0.5) is 0 Å². The van der Waals surface area contributed by atoms with Crippen molar-refractivity contribution < 1.29 is 14.3 Å². The Hall–Kier alpha value is -2.62. The second kappa shape index (κ2) is 18.0. The van der Waals surface area contributed by atoms with Gasteiger partial charge in [0.1, 0.15) is 12.1 Å². The fourth-order valence-electron chi connectivity index (χ4n) is 3.14. The summed E-state index contributed by atoms with van der Waals surface area (Å²) in [5.41, 5.74) is 0. The van der Waals surface area contributed by atoms with Gasteiger partial charge in [-0.2, -0.15) is 0 Å². The molecule has 3 atom stereocenters. The zero-order valence-corrected chi connectivity index (χ0v) is 20.0. The zero-order valence-electron chi connectivity index (χ0n) is 20.0. The largest absolute Gasteiger partial charge is 0.461 e. The van der Waals surface area contributed by atoms with E-state index in [0.717, 1.165) is 38.5 Å². The van der Waals surface area contributed by atoms with Gasteiger partial charge in [-0.15, -0.1) is 0 Å². The van der Waals surface area contributed by atoms with Gasteiger partial charge in [-0.1, -0.05) is 86.8 Å². The molecule has 1 aliphatic heterocycles. The molecule has 176 valence electrons. The van der Waals surface area contributed by atoms with Gasteiger partial charge in [-0.3, -0.25) is 4.79 Å². The third-order valence-electron chi connectivity index (χ3n) is 5.27. The van der Waals surface area contributed by atoms with E-state index in [-0.39, 0.29) is 23.9 Å². The Morgan fingerprint density at radius 3 is 1.62 bits per heavy atom. The number of hydrogen-bond donors (Lipinski definition) is 1. The summed E-state index contributed by atoms with van der Waals surface area (Å²) in [4.78, 5) is 23.7. The van der Waals surface area contributed by atoms with Crippen LogP contribution in [0.15, 0.2) is 72.9 Å². The van der Waals surface area contributed by atoms with Crippen LogP contribution in [0.1, 0.15) is 72.1 Å². The summed E-state index contributed by atoms with van der Waals surface area (Å²) < 4.78 is 5.14. The highest BCUT2D eigenvalue weighted by Crippen LogP contribution is 2.21. The van der Waals surface area contributed by atoms with Crippen LogP contribution in [-0.2, 0) is 14.3 Å². The van der Waals surface area contributed by atoms with E-state index in [1.807, 2.05) is 19.9 Å². The zero-order chi connectivity index (χ0) is 23.4. The quantitative estimate of drug-likeness (QED) is 0.233. The van der Waals surface area contributed by atoms with Gasteiger partial charge in [0.25, 0.3) is 0 Å². The van der Waals surface area contributed by atoms with Gasteiger partial charge >= 0.3 is 5.97 Å². The third kappa shape index (κ3) is 12.9. The Morgan fingerprint density at radius 2 is 1.22 bits per heavy atom. The monoisotopic (exact) mass is 439 g/mol. The highest BCUT2D eigenvalue weighted by Gasteiger charge is 2.39. The molecule has 1 aliphatic rings. The Morgan fingerprint density at radius 1 is 0.781 bits per heavy atom. The summed E-state index contributed by atoms with van der Waals surface area (Å²) in [5, 5.41) is 2.79. The smallest absolute Gasteiger partial charge is 0.329 e. The Bertz CT molecular complexity index is 712. The van der Waals surface area contributed by atoms with Crippen molar-refractivity contribution in [2.24, 2.45) is 5.92 Å². The Balaban J connectivity index is 2.02. The molecule has 0 aromatic carbocycles. The molecule has 0 unspecified atom stereocenters. The highest BCUT2D eigenvalue weighted by molar-refractivity contribution is 5.86. The molecule has 0 aromatic heterocycles. The van der Waals surface area contributed by atoms with Crippen LogP contribution in [-0.4, -0.2) is 24.0 Å². The van der Waals surface area contributed by atoms with Crippen molar-refractivity contribution in [1.82, 2.24) is 5.32 Å².